The average molecular weight is 423 g/mol. The van der Waals surface area contributed by atoms with E-state index in [9.17, 15) is 14.0 Å². The molecule has 2 aromatic rings. The maximum Gasteiger partial charge on any atom is 0.285 e. The zero-order valence-electron chi connectivity index (χ0n) is 13.6. The zero-order chi connectivity index (χ0) is 18.4. The number of hydrogen-bond acceptors (Lipinski definition) is 3. The van der Waals surface area contributed by atoms with Crippen LogP contribution in [0.15, 0.2) is 57.9 Å². The summed E-state index contributed by atoms with van der Waals surface area (Å²) in [7, 11) is 3.37. The Morgan fingerprint density at radius 2 is 1.84 bits per heavy atom. The maximum atomic E-state index is 13.6. The monoisotopic (exact) mass is 422 g/mol. The topological polar surface area (TPSA) is 49.4 Å². The van der Waals surface area contributed by atoms with Crippen molar-refractivity contribution in [3.8, 4) is 0 Å². The number of benzene rings is 2. The Bertz CT molecular complexity index is 807. The van der Waals surface area contributed by atoms with Gasteiger partial charge < -0.3 is 10.2 Å². The van der Waals surface area contributed by atoms with Gasteiger partial charge in [0, 0.05) is 40.8 Å². The Hall–Kier alpha value is -2.12. The van der Waals surface area contributed by atoms with Crippen molar-refractivity contribution in [1.82, 2.24) is 4.90 Å². The molecule has 25 heavy (non-hydrogen) atoms. The lowest BCUT2D eigenvalue weighted by Gasteiger charge is -2.09. The van der Waals surface area contributed by atoms with E-state index in [-0.39, 0.29) is 11.1 Å². The summed E-state index contributed by atoms with van der Waals surface area (Å²) in [6.45, 7) is 0. The number of amides is 2. The first-order valence-electron chi connectivity index (χ1n) is 7.28. The van der Waals surface area contributed by atoms with Gasteiger partial charge in [0.15, 0.2) is 0 Å². The summed E-state index contributed by atoms with van der Waals surface area (Å²) in [6.07, 6.45) is 2.68. The van der Waals surface area contributed by atoms with Crippen molar-refractivity contribution in [2.75, 3.05) is 19.4 Å². The van der Waals surface area contributed by atoms with Gasteiger partial charge in [0.25, 0.3) is 5.24 Å². The molecule has 2 amide bonds. The summed E-state index contributed by atoms with van der Waals surface area (Å²) in [4.78, 5) is 25.8. The number of carbonyl (C=O) groups excluding carboxylic acids is 2. The SMILES string of the molecule is CN(C)C(=O)Sc1ccc(NC(=O)/C=C/c2cc(Br)ccc2F)cc1. The van der Waals surface area contributed by atoms with Crippen molar-refractivity contribution in [2.24, 2.45) is 0 Å². The van der Waals surface area contributed by atoms with Crippen LogP contribution >= 0.6 is 27.7 Å². The molecule has 0 aliphatic heterocycles. The molecule has 0 bridgehead atoms. The van der Waals surface area contributed by atoms with E-state index in [1.54, 1.807) is 50.5 Å². The van der Waals surface area contributed by atoms with Crippen LogP contribution in [0.1, 0.15) is 5.56 Å². The molecule has 1 N–H and O–H groups in total. The minimum absolute atomic E-state index is 0.0734. The molecule has 0 atom stereocenters. The molecule has 0 heterocycles. The van der Waals surface area contributed by atoms with Gasteiger partial charge in [-0.1, -0.05) is 15.9 Å². The number of hydrogen-bond donors (Lipinski definition) is 1. The van der Waals surface area contributed by atoms with E-state index in [2.05, 4.69) is 21.2 Å². The lowest BCUT2D eigenvalue weighted by atomic mass is 10.2. The first-order valence-corrected chi connectivity index (χ1v) is 8.89. The molecule has 0 aliphatic rings. The third-order valence-electron chi connectivity index (χ3n) is 3.06. The molecular formula is C18H16BrFN2O2S. The van der Waals surface area contributed by atoms with Gasteiger partial charge in [0.05, 0.1) is 0 Å². The summed E-state index contributed by atoms with van der Waals surface area (Å²) in [5, 5.41) is 2.61. The molecule has 2 aromatic carbocycles. The fourth-order valence-electron chi connectivity index (χ4n) is 1.79. The molecule has 130 valence electrons. The van der Waals surface area contributed by atoms with E-state index in [0.717, 1.165) is 21.1 Å². The molecule has 7 heteroatoms. The molecule has 0 saturated carbocycles. The van der Waals surface area contributed by atoms with Gasteiger partial charge in [0.2, 0.25) is 5.91 Å². The third kappa shape index (κ3) is 6.03. The Morgan fingerprint density at radius 3 is 2.48 bits per heavy atom. The Balaban J connectivity index is 1.97. The van der Waals surface area contributed by atoms with E-state index in [0.29, 0.717) is 11.3 Å². The molecule has 0 fully saturated rings. The lowest BCUT2D eigenvalue weighted by Crippen LogP contribution is -2.16. The maximum absolute atomic E-state index is 13.6. The Labute approximate surface area is 158 Å². The molecule has 0 radical (unpaired) electrons. The number of nitrogens with zero attached hydrogens (tertiary/aromatic N) is 1. The minimum atomic E-state index is -0.404. The van der Waals surface area contributed by atoms with Crippen LogP contribution in [-0.4, -0.2) is 30.1 Å². The van der Waals surface area contributed by atoms with Gasteiger partial charge in [-0.3, -0.25) is 9.59 Å². The van der Waals surface area contributed by atoms with Gasteiger partial charge in [-0.05, 0) is 60.3 Å². The lowest BCUT2D eigenvalue weighted by molar-refractivity contribution is -0.111. The largest absolute Gasteiger partial charge is 0.339 e. The number of anilines is 1. The third-order valence-corrected chi connectivity index (χ3v) is 4.61. The van der Waals surface area contributed by atoms with Crippen molar-refractivity contribution in [3.05, 3.63) is 64.4 Å². The second-order valence-electron chi connectivity index (χ2n) is 5.28. The number of nitrogens with one attached hydrogen (secondary N) is 1. The second kappa shape index (κ2) is 8.82. The highest BCUT2D eigenvalue weighted by Gasteiger charge is 2.07. The van der Waals surface area contributed by atoms with Crippen LogP contribution in [0.25, 0.3) is 6.08 Å². The molecule has 0 saturated heterocycles. The summed E-state index contributed by atoms with van der Waals surface area (Å²) < 4.78 is 14.3. The van der Waals surface area contributed by atoms with E-state index in [1.165, 1.54) is 23.1 Å². The van der Waals surface area contributed by atoms with Gasteiger partial charge >= 0.3 is 0 Å². The summed E-state index contributed by atoms with van der Waals surface area (Å²) >= 11 is 4.36. The molecular weight excluding hydrogens is 407 g/mol. The van der Waals surface area contributed by atoms with Crippen LogP contribution in [0.4, 0.5) is 14.9 Å². The predicted molar refractivity (Wildman–Crippen MR) is 103 cm³/mol. The second-order valence-corrected chi connectivity index (χ2v) is 7.22. The van der Waals surface area contributed by atoms with Gasteiger partial charge in [-0.15, -0.1) is 0 Å². The van der Waals surface area contributed by atoms with Gasteiger partial charge in [0.1, 0.15) is 5.82 Å². The highest BCUT2D eigenvalue weighted by molar-refractivity contribution is 9.10. The van der Waals surface area contributed by atoms with Gasteiger partial charge in [-0.25, -0.2) is 4.39 Å². The van der Waals surface area contributed by atoms with E-state index >= 15 is 0 Å². The number of halogens is 2. The average Bonchev–Trinajstić information content (AvgIpc) is 2.57. The van der Waals surface area contributed by atoms with E-state index < -0.39 is 5.82 Å². The first kappa shape index (κ1) is 19.2. The van der Waals surface area contributed by atoms with Crippen LogP contribution in [-0.2, 0) is 4.79 Å². The van der Waals surface area contributed by atoms with Crippen molar-refractivity contribution < 1.29 is 14.0 Å². The highest BCUT2D eigenvalue weighted by Crippen LogP contribution is 2.22. The van der Waals surface area contributed by atoms with Crippen LogP contribution < -0.4 is 5.32 Å². The van der Waals surface area contributed by atoms with Crippen LogP contribution in [0.3, 0.4) is 0 Å². The molecule has 4 nitrogen and oxygen atoms in total. The van der Waals surface area contributed by atoms with Crippen molar-refractivity contribution in [2.45, 2.75) is 4.90 Å². The Morgan fingerprint density at radius 1 is 1.16 bits per heavy atom. The highest BCUT2D eigenvalue weighted by atomic mass is 79.9. The fourth-order valence-corrected chi connectivity index (χ4v) is 2.83. The van der Waals surface area contributed by atoms with Crippen LogP contribution in [0, 0.1) is 5.82 Å². The molecule has 0 aliphatic carbocycles. The molecule has 2 rings (SSSR count). The smallest absolute Gasteiger partial charge is 0.285 e. The standard InChI is InChI=1S/C18H16BrFN2O2S/c1-22(2)18(24)25-15-7-5-14(6-8-15)21-17(23)10-3-12-11-13(19)4-9-16(12)20/h3-11H,1-2H3,(H,21,23)/b10-3+. The first-order chi connectivity index (χ1) is 11.8. The normalized spacial score (nSPS) is 10.7. The van der Waals surface area contributed by atoms with E-state index in [1.807, 2.05) is 0 Å². The number of rotatable bonds is 4. The number of thioether (sulfide) groups is 1. The van der Waals surface area contributed by atoms with Crippen LogP contribution in [0.2, 0.25) is 0 Å². The summed E-state index contributed by atoms with van der Waals surface area (Å²) in [5.74, 6) is -0.775. The fraction of sp³-hybridized carbons (Fsp3) is 0.111. The Kier molecular flexibility index (Phi) is 6.78. The van der Waals surface area contributed by atoms with Crippen molar-refractivity contribution in [1.29, 1.82) is 0 Å². The van der Waals surface area contributed by atoms with Crippen molar-refractivity contribution in [3.63, 3.8) is 0 Å². The molecule has 0 aromatic heterocycles. The zero-order valence-corrected chi connectivity index (χ0v) is 16.0. The minimum Gasteiger partial charge on any atom is -0.339 e. The van der Waals surface area contributed by atoms with Gasteiger partial charge in [-0.2, -0.15) is 0 Å². The van der Waals surface area contributed by atoms with Crippen molar-refractivity contribution >= 4 is 50.6 Å². The molecule has 0 unspecified atom stereocenters. The predicted octanol–water partition coefficient (Wildman–Crippen LogP) is 5.01. The summed E-state index contributed by atoms with van der Waals surface area (Å²) in [5.41, 5.74) is 0.907. The van der Waals surface area contributed by atoms with E-state index in [4.69, 9.17) is 0 Å². The van der Waals surface area contributed by atoms with Crippen LogP contribution in [0.5, 0.6) is 0 Å². The summed E-state index contributed by atoms with van der Waals surface area (Å²) in [6, 6.07) is 11.4. The molecule has 0 spiro atoms. The number of carbonyl (C=O) groups is 2. The quantitative estimate of drug-likeness (QED) is 0.556.